The Bertz CT molecular complexity index is 287. The average molecular weight is 210 g/mol. The Morgan fingerprint density at radius 3 is 2.77 bits per heavy atom. The van der Waals surface area contributed by atoms with Gasteiger partial charge in [0.1, 0.15) is 6.04 Å². The molecule has 0 bridgehead atoms. The van der Waals surface area contributed by atoms with Gasteiger partial charge in [-0.25, -0.2) is 13.8 Å². The molecule has 1 atom stereocenters. The van der Waals surface area contributed by atoms with Crippen LogP contribution < -0.4 is 5.73 Å². The molecule has 3 nitrogen and oxygen atoms in total. The third kappa shape index (κ3) is 1.97. The summed E-state index contributed by atoms with van der Waals surface area (Å²) in [6.45, 7) is 2.33. The summed E-state index contributed by atoms with van der Waals surface area (Å²) in [6, 6.07) is -1.37. The molecule has 0 aliphatic carbocycles. The van der Waals surface area contributed by atoms with Crippen LogP contribution in [0.1, 0.15) is 18.7 Å². The van der Waals surface area contributed by atoms with Gasteiger partial charge in [0.15, 0.2) is 5.15 Å². The van der Waals surface area contributed by atoms with E-state index in [0.717, 1.165) is 0 Å². The third-order valence-corrected chi connectivity index (χ3v) is 2.05. The Balaban J connectivity index is 3.03. The maximum absolute atomic E-state index is 12.3. The fraction of sp³-hybridized carbons (Fsp3) is 0.571. The van der Waals surface area contributed by atoms with Crippen molar-refractivity contribution in [2.45, 2.75) is 25.9 Å². The Kier molecular flexibility index (Phi) is 3.22. The second kappa shape index (κ2) is 4.02. The lowest BCUT2D eigenvalue weighted by Gasteiger charge is -2.12. The lowest BCUT2D eigenvalue weighted by molar-refractivity contribution is 0.113. The number of halogens is 3. The summed E-state index contributed by atoms with van der Waals surface area (Å²) in [5.41, 5.74) is 5.46. The quantitative estimate of drug-likeness (QED) is 0.825. The van der Waals surface area contributed by atoms with Gasteiger partial charge in [-0.3, -0.25) is 0 Å². The minimum atomic E-state index is -2.63. The summed E-state index contributed by atoms with van der Waals surface area (Å²) in [5.74, 6) is 0. The summed E-state index contributed by atoms with van der Waals surface area (Å²) in [4.78, 5) is 3.71. The first-order valence-corrected chi connectivity index (χ1v) is 4.20. The number of nitrogens with two attached hydrogens (primary N) is 1. The molecule has 1 aromatic heterocycles. The van der Waals surface area contributed by atoms with Crippen LogP contribution in [0, 0.1) is 0 Å². The Labute approximate surface area is 79.5 Å². The predicted octanol–water partition coefficient (Wildman–Crippen LogP) is 1.82. The van der Waals surface area contributed by atoms with E-state index in [1.54, 1.807) is 6.92 Å². The van der Waals surface area contributed by atoms with Gasteiger partial charge in [-0.15, -0.1) is 0 Å². The monoisotopic (exact) mass is 209 g/mol. The average Bonchev–Trinajstić information content (AvgIpc) is 2.45. The minimum Gasteiger partial charge on any atom is -0.332 e. The first-order chi connectivity index (χ1) is 6.07. The molecule has 2 N–H and O–H groups in total. The van der Waals surface area contributed by atoms with E-state index in [1.807, 2.05) is 0 Å². The zero-order valence-electron chi connectivity index (χ0n) is 7.04. The highest BCUT2D eigenvalue weighted by Crippen LogP contribution is 2.24. The Hall–Kier alpha value is -0.680. The van der Waals surface area contributed by atoms with Crippen LogP contribution in [0.2, 0.25) is 5.15 Å². The SMILES string of the molecule is CCn1cnc(Cl)c1C(N)C(F)F. The van der Waals surface area contributed by atoms with Crippen molar-refractivity contribution in [3.05, 3.63) is 17.2 Å². The molecule has 6 heteroatoms. The molecule has 74 valence electrons. The van der Waals surface area contributed by atoms with Gasteiger partial charge in [0.2, 0.25) is 0 Å². The highest BCUT2D eigenvalue weighted by molar-refractivity contribution is 6.30. The van der Waals surface area contributed by atoms with E-state index in [9.17, 15) is 8.78 Å². The maximum atomic E-state index is 12.3. The number of nitrogens with zero attached hydrogens (tertiary/aromatic N) is 2. The van der Waals surface area contributed by atoms with Crippen molar-refractivity contribution in [2.75, 3.05) is 0 Å². The molecule has 1 rings (SSSR count). The van der Waals surface area contributed by atoms with Gasteiger partial charge in [-0.05, 0) is 6.92 Å². The van der Waals surface area contributed by atoms with Crippen molar-refractivity contribution in [3.63, 3.8) is 0 Å². The number of rotatable bonds is 3. The number of aryl methyl sites for hydroxylation is 1. The molecule has 1 aromatic rings. The number of hydrogen-bond donors (Lipinski definition) is 1. The molecule has 1 unspecified atom stereocenters. The maximum Gasteiger partial charge on any atom is 0.259 e. The fourth-order valence-corrected chi connectivity index (χ4v) is 1.35. The summed E-state index contributed by atoms with van der Waals surface area (Å²) in [7, 11) is 0. The van der Waals surface area contributed by atoms with E-state index >= 15 is 0 Å². The van der Waals surface area contributed by atoms with Crippen LogP contribution in [0.3, 0.4) is 0 Å². The number of aromatic nitrogens is 2. The summed E-state index contributed by atoms with van der Waals surface area (Å²) in [5, 5.41) is 0.0506. The lowest BCUT2D eigenvalue weighted by atomic mass is 10.2. The predicted molar refractivity (Wildman–Crippen MR) is 45.8 cm³/mol. The first kappa shape index (κ1) is 10.4. The molecule has 13 heavy (non-hydrogen) atoms. The summed E-state index contributed by atoms with van der Waals surface area (Å²) >= 11 is 5.62. The van der Waals surface area contributed by atoms with E-state index < -0.39 is 12.5 Å². The molecular weight excluding hydrogens is 200 g/mol. The molecule has 0 amide bonds. The van der Waals surface area contributed by atoms with Crippen molar-refractivity contribution >= 4 is 11.6 Å². The Morgan fingerprint density at radius 1 is 1.69 bits per heavy atom. The molecule has 0 saturated heterocycles. The fourth-order valence-electron chi connectivity index (χ4n) is 1.07. The van der Waals surface area contributed by atoms with Crippen LogP contribution in [0.5, 0.6) is 0 Å². The lowest BCUT2D eigenvalue weighted by Crippen LogP contribution is -2.22. The van der Waals surface area contributed by atoms with E-state index in [-0.39, 0.29) is 10.8 Å². The van der Waals surface area contributed by atoms with Crippen molar-refractivity contribution in [1.29, 1.82) is 0 Å². The van der Waals surface area contributed by atoms with Gasteiger partial charge in [-0.2, -0.15) is 0 Å². The minimum absolute atomic E-state index is 0.0506. The van der Waals surface area contributed by atoms with E-state index in [1.165, 1.54) is 10.9 Å². The zero-order valence-corrected chi connectivity index (χ0v) is 7.80. The van der Waals surface area contributed by atoms with E-state index in [4.69, 9.17) is 17.3 Å². The van der Waals surface area contributed by atoms with Crippen molar-refractivity contribution in [2.24, 2.45) is 5.73 Å². The van der Waals surface area contributed by atoms with Crippen LogP contribution >= 0.6 is 11.6 Å². The van der Waals surface area contributed by atoms with Crippen LogP contribution in [0.25, 0.3) is 0 Å². The molecule has 1 heterocycles. The van der Waals surface area contributed by atoms with E-state index in [2.05, 4.69) is 4.98 Å². The van der Waals surface area contributed by atoms with E-state index in [0.29, 0.717) is 6.54 Å². The third-order valence-electron chi connectivity index (χ3n) is 1.76. The van der Waals surface area contributed by atoms with Gasteiger partial charge < -0.3 is 10.3 Å². The van der Waals surface area contributed by atoms with Gasteiger partial charge >= 0.3 is 0 Å². The van der Waals surface area contributed by atoms with Gasteiger partial charge in [-0.1, -0.05) is 11.6 Å². The normalized spacial score (nSPS) is 13.7. The van der Waals surface area contributed by atoms with Gasteiger partial charge in [0.25, 0.3) is 6.43 Å². The molecule has 0 aromatic carbocycles. The molecule has 0 fully saturated rings. The number of imidazole rings is 1. The van der Waals surface area contributed by atoms with Crippen molar-refractivity contribution < 1.29 is 8.78 Å². The summed E-state index contributed by atoms with van der Waals surface area (Å²) < 4.78 is 26.0. The second-order valence-corrected chi connectivity index (χ2v) is 2.92. The van der Waals surface area contributed by atoms with Crippen LogP contribution in [-0.2, 0) is 6.54 Å². The Morgan fingerprint density at radius 2 is 2.31 bits per heavy atom. The van der Waals surface area contributed by atoms with Crippen LogP contribution in [-0.4, -0.2) is 16.0 Å². The number of hydrogen-bond acceptors (Lipinski definition) is 2. The smallest absolute Gasteiger partial charge is 0.259 e. The molecule has 0 aliphatic rings. The topological polar surface area (TPSA) is 43.8 Å². The van der Waals surface area contributed by atoms with Gasteiger partial charge in [0, 0.05) is 6.54 Å². The first-order valence-electron chi connectivity index (χ1n) is 3.82. The molecule has 0 saturated carbocycles. The summed E-state index contributed by atoms with van der Waals surface area (Å²) in [6.07, 6.45) is -1.22. The van der Waals surface area contributed by atoms with Crippen molar-refractivity contribution in [1.82, 2.24) is 9.55 Å². The second-order valence-electron chi connectivity index (χ2n) is 2.57. The largest absolute Gasteiger partial charge is 0.332 e. The molecule has 0 spiro atoms. The zero-order chi connectivity index (χ0) is 10.0. The van der Waals surface area contributed by atoms with Crippen LogP contribution in [0.4, 0.5) is 8.78 Å². The molecular formula is C7H10ClF2N3. The standard InChI is InChI=1S/C7H10ClF2N3/c1-2-13-3-12-6(8)5(13)4(11)7(9)10/h3-4,7H,2,11H2,1H3. The van der Waals surface area contributed by atoms with Crippen LogP contribution in [0.15, 0.2) is 6.33 Å². The molecule has 0 aliphatic heterocycles. The highest BCUT2D eigenvalue weighted by atomic mass is 35.5. The van der Waals surface area contributed by atoms with Crippen molar-refractivity contribution in [3.8, 4) is 0 Å². The van der Waals surface area contributed by atoms with Gasteiger partial charge in [0.05, 0.1) is 12.0 Å². The highest BCUT2D eigenvalue weighted by Gasteiger charge is 2.24. The molecule has 0 radical (unpaired) electrons. The number of alkyl halides is 2.